The van der Waals surface area contributed by atoms with Crippen molar-refractivity contribution in [3.63, 3.8) is 0 Å². The molecule has 2 aromatic carbocycles. The molecule has 0 aliphatic heterocycles. The maximum absolute atomic E-state index is 13.2. The monoisotopic (exact) mass is 382 g/mol. The minimum atomic E-state index is -0.601. The molecule has 0 radical (unpaired) electrons. The second-order valence-electron chi connectivity index (χ2n) is 7.99. The van der Waals surface area contributed by atoms with Crippen molar-refractivity contribution in [2.45, 2.75) is 54.0 Å². The highest BCUT2D eigenvalue weighted by molar-refractivity contribution is 6.00. The Kier molecular flexibility index (Phi) is 6.49. The van der Waals surface area contributed by atoms with Gasteiger partial charge >= 0.3 is 0 Å². The number of benzene rings is 2. The van der Waals surface area contributed by atoms with Gasteiger partial charge in [0.2, 0.25) is 0 Å². The van der Waals surface area contributed by atoms with Crippen molar-refractivity contribution in [2.24, 2.45) is 0 Å². The minimum Gasteiger partial charge on any atom is -0.494 e. The van der Waals surface area contributed by atoms with Crippen LogP contribution in [0.5, 0.6) is 5.75 Å². The summed E-state index contributed by atoms with van der Waals surface area (Å²) in [5.41, 5.74) is 5.99. The zero-order chi connectivity index (χ0) is 21.1. The Hall–Kier alpha value is -2.82. The van der Waals surface area contributed by atoms with Gasteiger partial charge in [0.1, 0.15) is 5.75 Å². The van der Waals surface area contributed by atoms with Crippen LogP contribution in [-0.4, -0.2) is 29.0 Å². The van der Waals surface area contributed by atoms with Crippen LogP contribution in [0.4, 0.5) is 0 Å². The van der Waals surface area contributed by atoms with E-state index >= 15 is 0 Å². The second kappa shape index (κ2) is 8.46. The van der Waals surface area contributed by atoms with Crippen LogP contribution in [0.25, 0.3) is 0 Å². The highest BCUT2D eigenvalue weighted by atomic mass is 16.5. The van der Waals surface area contributed by atoms with Gasteiger partial charge in [-0.25, -0.2) is 5.01 Å². The average molecular weight is 383 g/mol. The average Bonchev–Trinajstić information content (AvgIpc) is 2.59. The van der Waals surface area contributed by atoms with Gasteiger partial charge in [0, 0.05) is 16.7 Å². The molecule has 2 rings (SSSR count). The molecule has 0 saturated heterocycles. The summed E-state index contributed by atoms with van der Waals surface area (Å²) in [5.74, 6) is 0.0797. The molecule has 5 heteroatoms. The number of nitrogens with one attached hydrogen (secondary N) is 1. The van der Waals surface area contributed by atoms with E-state index in [4.69, 9.17) is 4.74 Å². The van der Waals surface area contributed by atoms with Gasteiger partial charge in [-0.2, -0.15) is 0 Å². The van der Waals surface area contributed by atoms with Crippen molar-refractivity contribution in [2.75, 3.05) is 6.61 Å². The number of amides is 2. The van der Waals surface area contributed by atoms with Crippen molar-refractivity contribution in [1.82, 2.24) is 10.4 Å². The number of hydrogen-bond acceptors (Lipinski definition) is 3. The van der Waals surface area contributed by atoms with Crippen LogP contribution in [0.1, 0.15) is 65.1 Å². The zero-order valence-electron chi connectivity index (χ0n) is 17.8. The fourth-order valence-electron chi connectivity index (χ4n) is 3.08. The summed E-state index contributed by atoms with van der Waals surface area (Å²) < 4.78 is 5.58. The Morgan fingerprint density at radius 2 is 1.64 bits per heavy atom. The lowest BCUT2D eigenvalue weighted by molar-refractivity contribution is 0.0358. The summed E-state index contributed by atoms with van der Waals surface area (Å²) in [7, 11) is 0. The van der Waals surface area contributed by atoms with E-state index in [0.29, 0.717) is 23.5 Å². The van der Waals surface area contributed by atoms with Crippen LogP contribution in [0.3, 0.4) is 0 Å². The molecule has 28 heavy (non-hydrogen) atoms. The fourth-order valence-corrected chi connectivity index (χ4v) is 3.08. The van der Waals surface area contributed by atoms with Crippen molar-refractivity contribution in [3.8, 4) is 5.75 Å². The number of rotatable bonds is 4. The van der Waals surface area contributed by atoms with E-state index in [2.05, 4.69) is 5.43 Å². The molecule has 0 bridgehead atoms. The Morgan fingerprint density at radius 1 is 1.04 bits per heavy atom. The molecular weight excluding hydrogens is 352 g/mol. The Morgan fingerprint density at radius 3 is 2.18 bits per heavy atom. The molecule has 150 valence electrons. The van der Waals surface area contributed by atoms with Gasteiger partial charge in [-0.15, -0.1) is 0 Å². The molecule has 2 aromatic rings. The molecule has 2 amide bonds. The largest absolute Gasteiger partial charge is 0.494 e. The van der Waals surface area contributed by atoms with E-state index in [0.717, 1.165) is 16.7 Å². The first-order valence-corrected chi connectivity index (χ1v) is 9.51. The number of nitrogens with zero attached hydrogens (tertiary/aromatic N) is 1. The molecule has 0 aliphatic rings. The summed E-state index contributed by atoms with van der Waals surface area (Å²) in [5, 5.41) is 1.40. The lowest BCUT2D eigenvalue weighted by atomic mass is 10.0. The van der Waals surface area contributed by atoms with Crippen molar-refractivity contribution in [3.05, 3.63) is 64.2 Å². The number of carbonyl (C=O) groups excluding carboxylic acids is 2. The summed E-state index contributed by atoms with van der Waals surface area (Å²) in [6, 6.07) is 11.0. The van der Waals surface area contributed by atoms with E-state index in [1.807, 2.05) is 72.7 Å². The van der Waals surface area contributed by atoms with E-state index in [1.165, 1.54) is 5.01 Å². The summed E-state index contributed by atoms with van der Waals surface area (Å²) in [6.07, 6.45) is 0. The first-order valence-electron chi connectivity index (χ1n) is 9.51. The van der Waals surface area contributed by atoms with Gasteiger partial charge in [0.25, 0.3) is 11.8 Å². The number of aryl methyl sites for hydroxylation is 2. The van der Waals surface area contributed by atoms with Gasteiger partial charge < -0.3 is 4.74 Å². The van der Waals surface area contributed by atoms with E-state index < -0.39 is 5.54 Å². The second-order valence-corrected chi connectivity index (χ2v) is 7.99. The Balaban J connectivity index is 2.36. The van der Waals surface area contributed by atoms with Gasteiger partial charge in [-0.05, 0) is 72.7 Å². The zero-order valence-corrected chi connectivity index (χ0v) is 17.8. The predicted octanol–water partition coefficient (Wildman–Crippen LogP) is 4.60. The molecule has 0 heterocycles. The maximum Gasteiger partial charge on any atom is 0.272 e. The molecule has 0 spiro atoms. The standard InChI is InChI=1S/C23H30N2O3/c1-8-28-20-11-9-10-19(17(20)4)21(26)24-25(23(5,6)7)22(27)18-13-15(2)12-16(3)14-18/h9-14H,8H2,1-7H3,(H,24,26). The first kappa shape index (κ1) is 21.5. The first-order chi connectivity index (χ1) is 13.0. The molecule has 5 nitrogen and oxygen atoms in total. The van der Waals surface area contributed by atoms with Crippen LogP contribution >= 0.6 is 0 Å². The third kappa shape index (κ3) is 4.91. The van der Waals surface area contributed by atoms with Crippen molar-refractivity contribution >= 4 is 11.8 Å². The van der Waals surface area contributed by atoms with Crippen molar-refractivity contribution < 1.29 is 14.3 Å². The number of hydrogen-bond donors (Lipinski definition) is 1. The molecular formula is C23H30N2O3. The van der Waals surface area contributed by atoms with Crippen LogP contribution in [0.15, 0.2) is 36.4 Å². The van der Waals surface area contributed by atoms with E-state index in [1.54, 1.807) is 12.1 Å². The summed E-state index contributed by atoms with van der Waals surface area (Å²) in [4.78, 5) is 26.2. The van der Waals surface area contributed by atoms with Crippen LogP contribution in [0.2, 0.25) is 0 Å². The lowest BCUT2D eigenvalue weighted by Gasteiger charge is -2.35. The number of ether oxygens (including phenoxy) is 1. The summed E-state index contributed by atoms with van der Waals surface area (Å²) >= 11 is 0. The molecule has 0 fully saturated rings. The third-order valence-corrected chi connectivity index (χ3v) is 4.38. The quantitative estimate of drug-likeness (QED) is 0.787. The van der Waals surface area contributed by atoms with Crippen LogP contribution < -0.4 is 10.2 Å². The highest BCUT2D eigenvalue weighted by Crippen LogP contribution is 2.23. The van der Waals surface area contributed by atoms with Gasteiger partial charge in [0.15, 0.2) is 0 Å². The van der Waals surface area contributed by atoms with E-state index in [-0.39, 0.29) is 11.8 Å². The topological polar surface area (TPSA) is 58.6 Å². The Bertz CT molecular complexity index is 862. The van der Waals surface area contributed by atoms with E-state index in [9.17, 15) is 9.59 Å². The molecule has 0 aromatic heterocycles. The normalized spacial score (nSPS) is 11.1. The molecule has 0 aliphatic carbocycles. The molecule has 1 N–H and O–H groups in total. The smallest absolute Gasteiger partial charge is 0.272 e. The van der Waals surface area contributed by atoms with Crippen LogP contribution in [-0.2, 0) is 0 Å². The third-order valence-electron chi connectivity index (χ3n) is 4.38. The number of carbonyl (C=O) groups is 2. The van der Waals surface area contributed by atoms with Crippen molar-refractivity contribution in [1.29, 1.82) is 0 Å². The predicted molar refractivity (Wildman–Crippen MR) is 112 cm³/mol. The lowest BCUT2D eigenvalue weighted by Crippen LogP contribution is -2.56. The van der Waals surface area contributed by atoms with Crippen LogP contribution in [0, 0.1) is 20.8 Å². The Labute approximate surface area is 167 Å². The molecule has 0 unspecified atom stereocenters. The highest BCUT2D eigenvalue weighted by Gasteiger charge is 2.30. The molecule has 0 atom stereocenters. The maximum atomic E-state index is 13.2. The van der Waals surface area contributed by atoms with Gasteiger partial charge in [-0.1, -0.05) is 23.3 Å². The fraction of sp³-hybridized carbons (Fsp3) is 0.391. The van der Waals surface area contributed by atoms with Gasteiger partial charge in [0.05, 0.1) is 12.1 Å². The van der Waals surface area contributed by atoms with Gasteiger partial charge in [-0.3, -0.25) is 15.0 Å². The SMILES string of the molecule is CCOc1cccc(C(=O)NN(C(=O)c2cc(C)cc(C)c2)C(C)(C)C)c1C. The molecule has 0 saturated carbocycles. The summed E-state index contributed by atoms with van der Waals surface area (Å²) in [6.45, 7) is 13.8. The minimum absolute atomic E-state index is 0.244. The number of hydrazine groups is 1.